The zero-order chi connectivity index (χ0) is 9.97. The fourth-order valence-corrected chi connectivity index (χ4v) is 2.26. The van der Waals surface area contributed by atoms with Gasteiger partial charge in [-0.3, -0.25) is 4.98 Å². The van der Waals surface area contributed by atoms with Crippen molar-refractivity contribution in [3.05, 3.63) is 30.6 Å². The second-order valence-corrected chi connectivity index (χ2v) is 4.31. The number of anilines is 1. The summed E-state index contributed by atoms with van der Waals surface area (Å²) in [6.07, 6.45) is 3.66. The third-order valence-electron chi connectivity index (χ3n) is 2.11. The fourth-order valence-electron chi connectivity index (χ4n) is 1.47. The Labute approximate surface area is 87.5 Å². The summed E-state index contributed by atoms with van der Waals surface area (Å²) in [5.74, 6) is 1.06. The molecule has 0 aliphatic carbocycles. The SMILES string of the molecule is CCSc1ccc(N)c2ccncc12. The van der Waals surface area contributed by atoms with Gasteiger partial charge in [-0.2, -0.15) is 0 Å². The van der Waals surface area contributed by atoms with Gasteiger partial charge in [0.05, 0.1) is 0 Å². The second kappa shape index (κ2) is 3.88. The Hall–Kier alpha value is -1.22. The van der Waals surface area contributed by atoms with Crippen LogP contribution in [0.25, 0.3) is 10.8 Å². The van der Waals surface area contributed by atoms with Crippen LogP contribution in [0.3, 0.4) is 0 Å². The number of aromatic nitrogens is 1. The molecule has 2 aromatic rings. The number of hydrogen-bond donors (Lipinski definition) is 1. The molecule has 0 aliphatic rings. The number of pyridine rings is 1. The summed E-state index contributed by atoms with van der Waals surface area (Å²) in [6.45, 7) is 2.14. The summed E-state index contributed by atoms with van der Waals surface area (Å²) < 4.78 is 0. The minimum Gasteiger partial charge on any atom is -0.398 e. The first-order valence-electron chi connectivity index (χ1n) is 4.58. The molecule has 0 aliphatic heterocycles. The van der Waals surface area contributed by atoms with E-state index in [0.29, 0.717) is 0 Å². The topological polar surface area (TPSA) is 38.9 Å². The van der Waals surface area contributed by atoms with E-state index >= 15 is 0 Å². The summed E-state index contributed by atoms with van der Waals surface area (Å²) in [5, 5.41) is 2.25. The lowest BCUT2D eigenvalue weighted by molar-refractivity contribution is 1.34. The molecule has 0 atom stereocenters. The van der Waals surface area contributed by atoms with Crippen LogP contribution in [-0.2, 0) is 0 Å². The number of benzene rings is 1. The van der Waals surface area contributed by atoms with Gasteiger partial charge in [0.25, 0.3) is 0 Å². The molecule has 1 aromatic carbocycles. The molecule has 14 heavy (non-hydrogen) atoms. The Kier molecular flexibility index (Phi) is 2.59. The maximum absolute atomic E-state index is 5.88. The van der Waals surface area contributed by atoms with Crippen LogP contribution in [0.1, 0.15) is 6.92 Å². The van der Waals surface area contributed by atoms with Gasteiger partial charge in [0.2, 0.25) is 0 Å². The van der Waals surface area contributed by atoms with Gasteiger partial charge in [0.15, 0.2) is 0 Å². The first kappa shape index (κ1) is 9.34. The van der Waals surface area contributed by atoms with Crippen molar-refractivity contribution in [2.24, 2.45) is 0 Å². The Balaban J connectivity index is 2.68. The lowest BCUT2D eigenvalue weighted by Gasteiger charge is -2.06. The first-order valence-corrected chi connectivity index (χ1v) is 5.56. The third kappa shape index (κ3) is 1.55. The molecule has 72 valence electrons. The van der Waals surface area contributed by atoms with Crippen molar-refractivity contribution in [2.45, 2.75) is 11.8 Å². The lowest BCUT2D eigenvalue weighted by Crippen LogP contribution is -1.88. The molecule has 1 aromatic heterocycles. The maximum Gasteiger partial charge on any atom is 0.0395 e. The largest absolute Gasteiger partial charge is 0.398 e. The number of nitrogens with zero attached hydrogens (tertiary/aromatic N) is 1. The van der Waals surface area contributed by atoms with Crippen LogP contribution < -0.4 is 5.73 Å². The molecule has 2 nitrogen and oxygen atoms in total. The molecule has 1 heterocycles. The molecule has 0 spiro atoms. The minimum absolute atomic E-state index is 0.822. The molecular formula is C11H12N2S. The molecule has 0 unspecified atom stereocenters. The summed E-state index contributed by atoms with van der Waals surface area (Å²) in [6, 6.07) is 5.98. The number of nitrogens with two attached hydrogens (primary N) is 1. The molecule has 0 radical (unpaired) electrons. The predicted octanol–water partition coefficient (Wildman–Crippen LogP) is 2.93. The van der Waals surface area contributed by atoms with Gasteiger partial charge in [-0.25, -0.2) is 0 Å². The van der Waals surface area contributed by atoms with E-state index in [-0.39, 0.29) is 0 Å². The smallest absolute Gasteiger partial charge is 0.0395 e. The van der Waals surface area contributed by atoms with Gasteiger partial charge >= 0.3 is 0 Å². The molecule has 0 bridgehead atoms. The van der Waals surface area contributed by atoms with Crippen molar-refractivity contribution in [3.8, 4) is 0 Å². The van der Waals surface area contributed by atoms with Gasteiger partial charge in [-0.05, 0) is 24.0 Å². The molecule has 0 saturated carbocycles. The summed E-state index contributed by atoms with van der Waals surface area (Å²) in [4.78, 5) is 5.38. The van der Waals surface area contributed by atoms with Crippen LogP contribution in [-0.4, -0.2) is 10.7 Å². The zero-order valence-electron chi connectivity index (χ0n) is 8.03. The Bertz CT molecular complexity index is 454. The molecule has 0 fully saturated rings. The van der Waals surface area contributed by atoms with Gasteiger partial charge < -0.3 is 5.73 Å². The highest BCUT2D eigenvalue weighted by Gasteiger charge is 2.02. The van der Waals surface area contributed by atoms with Crippen LogP contribution in [0.2, 0.25) is 0 Å². The van der Waals surface area contributed by atoms with E-state index in [4.69, 9.17) is 5.73 Å². The van der Waals surface area contributed by atoms with Crippen LogP contribution in [0.4, 0.5) is 5.69 Å². The number of hydrogen-bond acceptors (Lipinski definition) is 3. The summed E-state index contributed by atoms with van der Waals surface area (Å²) in [5.41, 5.74) is 6.71. The van der Waals surface area contributed by atoms with E-state index in [1.807, 2.05) is 30.1 Å². The highest BCUT2D eigenvalue weighted by Crippen LogP contribution is 2.30. The van der Waals surface area contributed by atoms with Crippen molar-refractivity contribution in [3.63, 3.8) is 0 Å². The van der Waals surface area contributed by atoms with Gasteiger partial charge in [-0.1, -0.05) is 6.92 Å². The van der Waals surface area contributed by atoms with Crippen LogP contribution in [0, 0.1) is 0 Å². The van der Waals surface area contributed by atoms with Gasteiger partial charge in [0.1, 0.15) is 0 Å². The fraction of sp³-hybridized carbons (Fsp3) is 0.182. The molecule has 2 N–H and O–H groups in total. The van der Waals surface area contributed by atoms with E-state index in [1.165, 1.54) is 4.90 Å². The molecule has 2 rings (SSSR count). The zero-order valence-corrected chi connectivity index (χ0v) is 8.84. The maximum atomic E-state index is 5.88. The Morgan fingerprint density at radius 3 is 2.93 bits per heavy atom. The number of fused-ring (bicyclic) bond motifs is 1. The predicted molar refractivity (Wildman–Crippen MR) is 62.6 cm³/mol. The van der Waals surface area contributed by atoms with Crippen molar-refractivity contribution in [1.29, 1.82) is 0 Å². The molecular weight excluding hydrogens is 192 g/mol. The summed E-state index contributed by atoms with van der Waals surface area (Å²) in [7, 11) is 0. The average Bonchev–Trinajstić information content (AvgIpc) is 2.23. The number of thioether (sulfide) groups is 1. The van der Waals surface area contributed by atoms with Gasteiger partial charge in [0, 0.05) is 33.7 Å². The molecule has 3 heteroatoms. The van der Waals surface area contributed by atoms with E-state index < -0.39 is 0 Å². The monoisotopic (exact) mass is 204 g/mol. The van der Waals surface area contributed by atoms with E-state index in [2.05, 4.69) is 18.0 Å². The van der Waals surface area contributed by atoms with Crippen LogP contribution in [0.15, 0.2) is 35.5 Å². The highest BCUT2D eigenvalue weighted by molar-refractivity contribution is 7.99. The van der Waals surface area contributed by atoms with E-state index in [1.54, 1.807) is 6.20 Å². The molecule has 0 saturated heterocycles. The van der Waals surface area contributed by atoms with E-state index in [9.17, 15) is 0 Å². The third-order valence-corrected chi connectivity index (χ3v) is 3.07. The lowest BCUT2D eigenvalue weighted by atomic mass is 10.1. The average molecular weight is 204 g/mol. The number of rotatable bonds is 2. The summed E-state index contributed by atoms with van der Waals surface area (Å²) >= 11 is 1.82. The van der Waals surface area contributed by atoms with Crippen molar-refractivity contribution in [2.75, 3.05) is 11.5 Å². The second-order valence-electron chi connectivity index (χ2n) is 3.01. The molecule has 0 amide bonds. The minimum atomic E-state index is 0.822. The first-order chi connectivity index (χ1) is 6.83. The van der Waals surface area contributed by atoms with Crippen LogP contribution in [0.5, 0.6) is 0 Å². The Morgan fingerprint density at radius 2 is 2.14 bits per heavy atom. The van der Waals surface area contributed by atoms with E-state index in [0.717, 1.165) is 22.2 Å². The van der Waals surface area contributed by atoms with Crippen molar-refractivity contribution in [1.82, 2.24) is 4.98 Å². The van der Waals surface area contributed by atoms with Crippen molar-refractivity contribution >= 4 is 28.2 Å². The standard InChI is InChI=1S/C11H12N2S/c1-2-14-11-4-3-10(12)8-5-6-13-7-9(8)11/h3-7H,2,12H2,1H3. The Morgan fingerprint density at radius 1 is 1.29 bits per heavy atom. The number of nitrogen functional groups attached to an aromatic ring is 1. The quantitative estimate of drug-likeness (QED) is 0.604. The van der Waals surface area contributed by atoms with Crippen molar-refractivity contribution < 1.29 is 0 Å². The van der Waals surface area contributed by atoms with Crippen LogP contribution >= 0.6 is 11.8 Å². The highest BCUT2D eigenvalue weighted by atomic mass is 32.2. The normalized spacial score (nSPS) is 10.6. The van der Waals surface area contributed by atoms with Gasteiger partial charge in [-0.15, -0.1) is 11.8 Å².